The van der Waals surface area contributed by atoms with Gasteiger partial charge in [-0.2, -0.15) is 4.99 Å². The minimum absolute atomic E-state index is 0.135. The molecular weight excluding hydrogens is 266 g/mol. The first-order valence-corrected chi connectivity index (χ1v) is 6.95. The predicted molar refractivity (Wildman–Crippen MR) is 87.6 cm³/mol. The lowest BCUT2D eigenvalue weighted by molar-refractivity contribution is -0.107. The summed E-state index contributed by atoms with van der Waals surface area (Å²) >= 11 is 0. The molecule has 0 radical (unpaired) electrons. The Bertz CT molecular complexity index is 537. The Kier molecular flexibility index (Phi) is 6.94. The molecule has 0 spiro atoms. The minimum Gasteiger partial charge on any atom is -0.369 e. The third kappa shape index (κ3) is 6.56. The van der Waals surface area contributed by atoms with Gasteiger partial charge in [0.1, 0.15) is 6.29 Å². The highest BCUT2D eigenvalue weighted by Crippen LogP contribution is 2.15. The maximum Gasteiger partial charge on any atom is 0.218 e. The largest absolute Gasteiger partial charge is 0.369 e. The first-order chi connectivity index (χ1) is 10.0. The number of aldehydes is 1. The lowest BCUT2D eigenvalue weighted by Gasteiger charge is -2.09. The van der Waals surface area contributed by atoms with Crippen LogP contribution in [0, 0.1) is 13.8 Å². The van der Waals surface area contributed by atoms with E-state index >= 15 is 0 Å². The lowest BCUT2D eigenvalue weighted by atomic mass is 10.1. The van der Waals surface area contributed by atoms with Gasteiger partial charge in [0, 0.05) is 18.7 Å². The van der Waals surface area contributed by atoms with Crippen LogP contribution in [0.2, 0.25) is 0 Å². The van der Waals surface area contributed by atoms with Gasteiger partial charge in [-0.05, 0) is 38.3 Å². The molecule has 0 aliphatic rings. The van der Waals surface area contributed by atoms with E-state index in [1.165, 1.54) is 5.56 Å². The molecular formula is C15H23N5O. The Morgan fingerprint density at radius 2 is 2.05 bits per heavy atom. The fourth-order valence-electron chi connectivity index (χ4n) is 1.81. The van der Waals surface area contributed by atoms with Crippen LogP contribution < -0.4 is 16.8 Å². The second kappa shape index (κ2) is 8.73. The van der Waals surface area contributed by atoms with Crippen molar-refractivity contribution >= 4 is 23.9 Å². The molecule has 21 heavy (non-hydrogen) atoms. The first kappa shape index (κ1) is 16.7. The fourth-order valence-corrected chi connectivity index (χ4v) is 1.81. The number of aliphatic imine (C=N–C) groups is 2. The third-order valence-corrected chi connectivity index (χ3v) is 2.88. The van der Waals surface area contributed by atoms with Crippen molar-refractivity contribution in [2.45, 2.75) is 33.1 Å². The maximum absolute atomic E-state index is 10.2. The predicted octanol–water partition coefficient (Wildman–Crippen LogP) is 1.71. The molecule has 6 heteroatoms. The molecule has 0 atom stereocenters. The Balaban J connectivity index is 2.54. The number of guanidine groups is 2. The Morgan fingerprint density at radius 1 is 1.29 bits per heavy atom. The molecule has 0 bridgehead atoms. The van der Waals surface area contributed by atoms with Crippen LogP contribution >= 0.6 is 0 Å². The van der Waals surface area contributed by atoms with E-state index in [1.807, 2.05) is 26.0 Å². The number of hydrogen-bond acceptors (Lipinski definition) is 2. The van der Waals surface area contributed by atoms with Gasteiger partial charge in [0.25, 0.3) is 0 Å². The van der Waals surface area contributed by atoms with E-state index in [4.69, 9.17) is 11.5 Å². The number of nitrogens with one attached hydrogen (secondary N) is 1. The summed E-state index contributed by atoms with van der Waals surface area (Å²) in [4.78, 5) is 18.2. The van der Waals surface area contributed by atoms with Crippen LogP contribution in [0.15, 0.2) is 28.2 Å². The Labute approximate surface area is 125 Å². The molecule has 5 N–H and O–H groups in total. The van der Waals surface area contributed by atoms with Crippen LogP contribution in [-0.2, 0) is 4.79 Å². The molecule has 0 aromatic heterocycles. The SMILES string of the molecule is Cc1ccc(N/C(N)=N/C(N)=NCCCCC=O)c(C)c1. The number of nitrogens with zero attached hydrogens (tertiary/aromatic N) is 2. The zero-order chi connectivity index (χ0) is 15.7. The molecule has 0 unspecified atom stereocenters. The van der Waals surface area contributed by atoms with Crippen molar-refractivity contribution in [3.05, 3.63) is 29.3 Å². The van der Waals surface area contributed by atoms with Crippen molar-refractivity contribution in [3.8, 4) is 0 Å². The average molecular weight is 289 g/mol. The molecule has 1 aromatic rings. The van der Waals surface area contributed by atoms with Gasteiger partial charge >= 0.3 is 0 Å². The molecule has 0 aliphatic carbocycles. The second-order valence-corrected chi connectivity index (χ2v) is 4.84. The monoisotopic (exact) mass is 289 g/mol. The van der Waals surface area contributed by atoms with Crippen LogP contribution in [0.25, 0.3) is 0 Å². The van der Waals surface area contributed by atoms with Crippen LogP contribution in [0.5, 0.6) is 0 Å². The smallest absolute Gasteiger partial charge is 0.218 e. The minimum atomic E-state index is 0.135. The summed E-state index contributed by atoms with van der Waals surface area (Å²) in [6.07, 6.45) is 3.06. The molecule has 6 nitrogen and oxygen atoms in total. The number of carbonyl (C=O) groups excluding carboxylic acids is 1. The molecule has 1 rings (SSSR count). The van der Waals surface area contributed by atoms with Gasteiger partial charge < -0.3 is 21.6 Å². The molecule has 1 aromatic carbocycles. The number of rotatable bonds is 6. The van der Waals surface area contributed by atoms with Gasteiger partial charge in [-0.15, -0.1) is 0 Å². The average Bonchev–Trinajstić information content (AvgIpc) is 2.41. The van der Waals surface area contributed by atoms with Crippen molar-refractivity contribution in [1.29, 1.82) is 0 Å². The van der Waals surface area contributed by atoms with Crippen molar-refractivity contribution in [2.24, 2.45) is 21.5 Å². The van der Waals surface area contributed by atoms with E-state index in [1.54, 1.807) is 0 Å². The molecule has 0 saturated heterocycles. The summed E-state index contributed by atoms with van der Waals surface area (Å²) in [6, 6.07) is 5.99. The van der Waals surface area contributed by atoms with E-state index in [-0.39, 0.29) is 11.9 Å². The summed E-state index contributed by atoms with van der Waals surface area (Å²) in [5, 5.41) is 3.00. The number of carbonyl (C=O) groups is 1. The standard InChI is InChI=1S/C15H23N5O/c1-11-6-7-13(12(2)10-11)19-15(17)20-14(16)18-8-4-3-5-9-21/h6-7,9-10H,3-5,8H2,1-2H3,(H5,16,17,18,19,20). The quantitative estimate of drug-likeness (QED) is 0.321. The normalized spacial score (nSPS) is 12.3. The highest BCUT2D eigenvalue weighted by atomic mass is 16.1. The number of unbranched alkanes of at least 4 members (excludes halogenated alkanes) is 2. The first-order valence-electron chi connectivity index (χ1n) is 6.95. The number of hydrogen-bond donors (Lipinski definition) is 3. The van der Waals surface area contributed by atoms with Crippen molar-refractivity contribution < 1.29 is 4.79 Å². The summed E-state index contributed by atoms with van der Waals surface area (Å²) in [5.41, 5.74) is 14.6. The van der Waals surface area contributed by atoms with Crippen LogP contribution in [0.4, 0.5) is 5.69 Å². The topological polar surface area (TPSA) is 106 Å². The van der Waals surface area contributed by atoms with E-state index in [9.17, 15) is 4.79 Å². The van der Waals surface area contributed by atoms with Crippen molar-refractivity contribution in [3.63, 3.8) is 0 Å². The van der Waals surface area contributed by atoms with Gasteiger partial charge in [0.05, 0.1) is 0 Å². The number of anilines is 1. The van der Waals surface area contributed by atoms with Gasteiger partial charge in [-0.25, -0.2) is 0 Å². The number of benzene rings is 1. The summed E-state index contributed by atoms with van der Waals surface area (Å²) < 4.78 is 0. The Morgan fingerprint density at radius 3 is 2.71 bits per heavy atom. The second-order valence-electron chi connectivity index (χ2n) is 4.84. The van der Waals surface area contributed by atoms with E-state index in [2.05, 4.69) is 21.4 Å². The molecule has 0 amide bonds. The van der Waals surface area contributed by atoms with Crippen molar-refractivity contribution in [1.82, 2.24) is 0 Å². The summed E-state index contributed by atoms with van der Waals surface area (Å²) in [6.45, 7) is 4.57. The zero-order valence-corrected chi connectivity index (χ0v) is 12.6. The molecule has 0 heterocycles. The summed E-state index contributed by atoms with van der Waals surface area (Å²) in [5.74, 6) is 0.340. The highest BCUT2D eigenvalue weighted by molar-refractivity contribution is 6.00. The van der Waals surface area contributed by atoms with Gasteiger partial charge in [-0.1, -0.05) is 17.7 Å². The number of aryl methyl sites for hydroxylation is 2. The maximum atomic E-state index is 10.2. The van der Waals surface area contributed by atoms with Gasteiger partial charge in [0.2, 0.25) is 11.9 Å². The molecule has 0 aliphatic heterocycles. The fraction of sp³-hybridized carbons (Fsp3) is 0.400. The third-order valence-electron chi connectivity index (χ3n) is 2.88. The number of nitrogens with two attached hydrogens (primary N) is 2. The molecule has 0 saturated carbocycles. The van der Waals surface area contributed by atoms with Crippen LogP contribution in [-0.4, -0.2) is 24.8 Å². The zero-order valence-electron chi connectivity index (χ0n) is 12.6. The molecule has 0 fully saturated rings. The van der Waals surface area contributed by atoms with Gasteiger partial charge in [-0.3, -0.25) is 4.99 Å². The molecule has 114 valence electrons. The highest BCUT2D eigenvalue weighted by Gasteiger charge is 2.00. The van der Waals surface area contributed by atoms with E-state index in [0.717, 1.165) is 30.4 Å². The van der Waals surface area contributed by atoms with Crippen LogP contribution in [0.3, 0.4) is 0 Å². The van der Waals surface area contributed by atoms with E-state index in [0.29, 0.717) is 13.0 Å². The van der Waals surface area contributed by atoms with Gasteiger partial charge in [0.15, 0.2) is 0 Å². The Hall–Kier alpha value is -2.37. The van der Waals surface area contributed by atoms with E-state index < -0.39 is 0 Å². The van der Waals surface area contributed by atoms with Crippen molar-refractivity contribution in [2.75, 3.05) is 11.9 Å². The summed E-state index contributed by atoms with van der Waals surface area (Å²) in [7, 11) is 0. The lowest BCUT2D eigenvalue weighted by Crippen LogP contribution is -2.26. The van der Waals surface area contributed by atoms with Crippen LogP contribution in [0.1, 0.15) is 30.4 Å².